The van der Waals surface area contributed by atoms with Gasteiger partial charge in [-0.3, -0.25) is 4.79 Å². The second-order valence-electron chi connectivity index (χ2n) is 5.35. The molecule has 0 unspecified atom stereocenters. The molecule has 0 radical (unpaired) electrons. The number of hydrogen-bond acceptors (Lipinski definition) is 2. The summed E-state index contributed by atoms with van der Waals surface area (Å²) in [5, 5.41) is 2.82. The summed E-state index contributed by atoms with van der Waals surface area (Å²) in [6.07, 6.45) is 0. The molecule has 2 rings (SSSR count). The van der Waals surface area contributed by atoms with Gasteiger partial charge in [0.15, 0.2) is 0 Å². The van der Waals surface area contributed by atoms with Gasteiger partial charge in [0.05, 0.1) is 0 Å². The van der Waals surface area contributed by atoms with Gasteiger partial charge in [-0.25, -0.2) is 4.39 Å². The lowest BCUT2D eigenvalue weighted by atomic mass is 10.1. The van der Waals surface area contributed by atoms with E-state index in [0.717, 1.165) is 12.2 Å². The Labute approximate surface area is 124 Å². The zero-order chi connectivity index (χ0) is 15.4. The molecule has 0 aromatic heterocycles. The topological polar surface area (TPSA) is 32.3 Å². The SMILES string of the molecule is Cc1cc(F)ccc1C(=O)Nc1ccc(CN(C)C)cc1. The van der Waals surface area contributed by atoms with Gasteiger partial charge >= 0.3 is 0 Å². The molecule has 0 bridgehead atoms. The molecule has 1 N–H and O–H groups in total. The fourth-order valence-electron chi connectivity index (χ4n) is 2.14. The average Bonchev–Trinajstić information content (AvgIpc) is 2.40. The number of aryl methyl sites for hydroxylation is 1. The number of halogens is 1. The Kier molecular flexibility index (Phi) is 4.70. The van der Waals surface area contributed by atoms with Crippen LogP contribution in [0.1, 0.15) is 21.5 Å². The molecule has 0 saturated heterocycles. The van der Waals surface area contributed by atoms with Crippen LogP contribution >= 0.6 is 0 Å². The Morgan fingerprint density at radius 1 is 1.14 bits per heavy atom. The highest BCUT2D eigenvalue weighted by molar-refractivity contribution is 6.05. The van der Waals surface area contributed by atoms with Crippen molar-refractivity contribution in [2.24, 2.45) is 0 Å². The van der Waals surface area contributed by atoms with E-state index in [0.29, 0.717) is 11.1 Å². The molecule has 2 aromatic rings. The normalized spacial score (nSPS) is 10.7. The number of benzene rings is 2. The molecule has 0 saturated carbocycles. The van der Waals surface area contributed by atoms with Crippen molar-refractivity contribution in [1.29, 1.82) is 0 Å². The number of amides is 1. The van der Waals surface area contributed by atoms with Gasteiger partial charge in [-0.05, 0) is 62.5 Å². The van der Waals surface area contributed by atoms with Gasteiger partial charge in [0, 0.05) is 17.8 Å². The van der Waals surface area contributed by atoms with Gasteiger partial charge in [0.1, 0.15) is 5.82 Å². The maximum atomic E-state index is 13.1. The summed E-state index contributed by atoms with van der Waals surface area (Å²) in [7, 11) is 4.01. The van der Waals surface area contributed by atoms with Gasteiger partial charge in [0.2, 0.25) is 0 Å². The van der Waals surface area contributed by atoms with Gasteiger partial charge < -0.3 is 10.2 Å². The molecule has 0 aliphatic carbocycles. The van der Waals surface area contributed by atoms with Crippen LogP contribution in [0.3, 0.4) is 0 Å². The molecule has 3 nitrogen and oxygen atoms in total. The Hall–Kier alpha value is -2.20. The molecule has 0 aliphatic rings. The summed E-state index contributed by atoms with van der Waals surface area (Å²) >= 11 is 0. The number of carbonyl (C=O) groups is 1. The van der Waals surface area contributed by atoms with Crippen LogP contribution in [0.25, 0.3) is 0 Å². The van der Waals surface area contributed by atoms with E-state index in [9.17, 15) is 9.18 Å². The molecule has 0 heterocycles. The number of nitrogens with one attached hydrogen (secondary N) is 1. The van der Waals surface area contributed by atoms with Crippen LogP contribution in [-0.4, -0.2) is 24.9 Å². The van der Waals surface area contributed by atoms with E-state index >= 15 is 0 Å². The first-order valence-corrected chi connectivity index (χ1v) is 6.77. The number of hydrogen-bond donors (Lipinski definition) is 1. The maximum absolute atomic E-state index is 13.1. The zero-order valence-electron chi connectivity index (χ0n) is 12.5. The Balaban J connectivity index is 2.08. The van der Waals surface area contributed by atoms with Crippen LogP contribution in [-0.2, 0) is 6.54 Å². The molecule has 0 fully saturated rings. The smallest absolute Gasteiger partial charge is 0.255 e. The van der Waals surface area contributed by atoms with Crippen LogP contribution in [0.2, 0.25) is 0 Å². The van der Waals surface area contributed by atoms with Crippen molar-refractivity contribution in [3.8, 4) is 0 Å². The molecule has 1 amide bonds. The number of rotatable bonds is 4. The third-order valence-corrected chi connectivity index (χ3v) is 3.14. The monoisotopic (exact) mass is 286 g/mol. The molecular formula is C17H19FN2O. The first kappa shape index (κ1) is 15.2. The third-order valence-electron chi connectivity index (χ3n) is 3.14. The quantitative estimate of drug-likeness (QED) is 0.933. The fraction of sp³-hybridized carbons (Fsp3) is 0.235. The van der Waals surface area contributed by atoms with Crippen molar-refractivity contribution in [2.75, 3.05) is 19.4 Å². The van der Waals surface area contributed by atoms with Crippen LogP contribution in [0.15, 0.2) is 42.5 Å². The number of anilines is 1. The zero-order valence-corrected chi connectivity index (χ0v) is 12.5. The van der Waals surface area contributed by atoms with Crippen molar-refractivity contribution < 1.29 is 9.18 Å². The van der Waals surface area contributed by atoms with Crippen LogP contribution in [0, 0.1) is 12.7 Å². The molecule has 0 aliphatic heterocycles. The van der Waals surface area contributed by atoms with Crippen LogP contribution in [0.5, 0.6) is 0 Å². The average molecular weight is 286 g/mol. The van der Waals surface area contributed by atoms with Gasteiger partial charge in [-0.1, -0.05) is 12.1 Å². The van der Waals surface area contributed by atoms with E-state index in [4.69, 9.17) is 0 Å². The summed E-state index contributed by atoms with van der Waals surface area (Å²) < 4.78 is 13.1. The Morgan fingerprint density at radius 3 is 2.38 bits per heavy atom. The first-order chi connectivity index (χ1) is 9.95. The highest BCUT2D eigenvalue weighted by Gasteiger charge is 2.10. The minimum atomic E-state index is -0.336. The third kappa shape index (κ3) is 4.13. The van der Waals surface area contributed by atoms with Crippen molar-refractivity contribution in [2.45, 2.75) is 13.5 Å². The van der Waals surface area contributed by atoms with Crippen LogP contribution < -0.4 is 5.32 Å². The minimum absolute atomic E-state index is 0.229. The van der Waals surface area contributed by atoms with Crippen molar-refractivity contribution in [3.05, 3.63) is 65.0 Å². The largest absolute Gasteiger partial charge is 0.322 e. The molecule has 2 aromatic carbocycles. The lowest BCUT2D eigenvalue weighted by Gasteiger charge is -2.11. The lowest BCUT2D eigenvalue weighted by molar-refractivity contribution is 0.102. The first-order valence-electron chi connectivity index (χ1n) is 6.77. The van der Waals surface area contributed by atoms with E-state index in [1.54, 1.807) is 6.92 Å². The van der Waals surface area contributed by atoms with E-state index in [1.807, 2.05) is 38.4 Å². The van der Waals surface area contributed by atoms with E-state index in [1.165, 1.54) is 23.8 Å². The van der Waals surface area contributed by atoms with E-state index in [2.05, 4.69) is 10.2 Å². The highest BCUT2D eigenvalue weighted by Crippen LogP contribution is 2.15. The molecule has 0 atom stereocenters. The number of nitrogens with zero attached hydrogens (tertiary/aromatic N) is 1. The second kappa shape index (κ2) is 6.50. The van der Waals surface area contributed by atoms with Crippen LogP contribution in [0.4, 0.5) is 10.1 Å². The van der Waals surface area contributed by atoms with Gasteiger partial charge in [-0.15, -0.1) is 0 Å². The van der Waals surface area contributed by atoms with Gasteiger partial charge in [-0.2, -0.15) is 0 Å². The van der Waals surface area contributed by atoms with Crippen molar-refractivity contribution >= 4 is 11.6 Å². The minimum Gasteiger partial charge on any atom is -0.322 e. The highest BCUT2D eigenvalue weighted by atomic mass is 19.1. The fourth-order valence-corrected chi connectivity index (χ4v) is 2.14. The molecule has 110 valence electrons. The summed E-state index contributed by atoms with van der Waals surface area (Å²) in [5.74, 6) is -0.565. The Morgan fingerprint density at radius 2 is 1.81 bits per heavy atom. The molecule has 4 heteroatoms. The Bertz CT molecular complexity index is 636. The van der Waals surface area contributed by atoms with Gasteiger partial charge in [0.25, 0.3) is 5.91 Å². The maximum Gasteiger partial charge on any atom is 0.255 e. The second-order valence-corrected chi connectivity index (χ2v) is 5.35. The van der Waals surface area contributed by atoms with E-state index < -0.39 is 0 Å². The van der Waals surface area contributed by atoms with Crippen molar-refractivity contribution in [3.63, 3.8) is 0 Å². The summed E-state index contributed by atoms with van der Waals surface area (Å²) in [6, 6.07) is 11.9. The van der Waals surface area contributed by atoms with Crippen molar-refractivity contribution in [1.82, 2.24) is 4.90 Å². The lowest BCUT2D eigenvalue weighted by Crippen LogP contribution is -2.14. The van der Waals surface area contributed by atoms with E-state index in [-0.39, 0.29) is 11.7 Å². The predicted molar refractivity (Wildman–Crippen MR) is 82.9 cm³/mol. The number of carbonyl (C=O) groups excluding carboxylic acids is 1. The summed E-state index contributed by atoms with van der Waals surface area (Å²) in [6.45, 7) is 2.57. The standard InChI is InChI=1S/C17H19FN2O/c1-12-10-14(18)6-9-16(12)17(21)19-15-7-4-13(5-8-15)11-20(2)3/h4-10H,11H2,1-3H3,(H,19,21). The molecule has 21 heavy (non-hydrogen) atoms. The molecular weight excluding hydrogens is 267 g/mol. The summed E-state index contributed by atoms with van der Waals surface area (Å²) in [4.78, 5) is 14.2. The molecule has 0 spiro atoms. The summed E-state index contributed by atoms with van der Waals surface area (Å²) in [5.41, 5.74) is 3.01. The predicted octanol–water partition coefficient (Wildman–Crippen LogP) is 3.45.